The van der Waals surface area contributed by atoms with E-state index in [1.54, 1.807) is 6.07 Å². The fourth-order valence-electron chi connectivity index (χ4n) is 6.80. The van der Waals surface area contributed by atoms with Gasteiger partial charge in [-0.1, -0.05) is 86.6 Å². The van der Waals surface area contributed by atoms with Crippen molar-refractivity contribution in [2.75, 3.05) is 31.1 Å². The molecule has 0 radical (unpaired) electrons. The third kappa shape index (κ3) is 5.66. The molecule has 1 aromatic heterocycles. The van der Waals surface area contributed by atoms with Gasteiger partial charge in [-0.3, -0.25) is 4.79 Å². The van der Waals surface area contributed by atoms with E-state index in [0.29, 0.717) is 24.3 Å². The fourth-order valence-corrected chi connectivity index (χ4v) is 11.3. The summed E-state index contributed by atoms with van der Waals surface area (Å²) in [6.45, 7) is 9.82. The van der Waals surface area contributed by atoms with Crippen LogP contribution < -0.4 is 15.3 Å². The predicted molar refractivity (Wildman–Crippen MR) is 169 cm³/mol. The van der Waals surface area contributed by atoms with Gasteiger partial charge in [0.05, 0.1) is 43.0 Å². The van der Waals surface area contributed by atoms with Gasteiger partial charge >= 0.3 is 0 Å². The fraction of sp³-hybridized carbons (Fsp3) is 0.412. The van der Waals surface area contributed by atoms with Crippen LogP contribution in [0.4, 0.5) is 18.9 Å². The van der Waals surface area contributed by atoms with Crippen molar-refractivity contribution in [2.24, 2.45) is 0 Å². The Morgan fingerprint density at radius 1 is 1.00 bits per heavy atom. The number of anilines is 1. The van der Waals surface area contributed by atoms with Gasteiger partial charge in [0.25, 0.3) is 20.1 Å². The van der Waals surface area contributed by atoms with Gasteiger partial charge in [0.2, 0.25) is 5.58 Å². The first kappa shape index (κ1) is 31.3. The minimum atomic E-state index is -3.03. The van der Waals surface area contributed by atoms with Crippen LogP contribution >= 0.6 is 0 Å². The summed E-state index contributed by atoms with van der Waals surface area (Å²) in [6.07, 6.45) is -0.316. The monoisotopic (exact) mass is 637 g/mol. The van der Waals surface area contributed by atoms with Crippen molar-refractivity contribution in [2.45, 2.75) is 64.4 Å². The van der Waals surface area contributed by atoms with Gasteiger partial charge in [0, 0.05) is 18.7 Å². The number of halogens is 3. The van der Waals surface area contributed by atoms with E-state index >= 15 is 4.39 Å². The molecule has 0 spiro atoms. The van der Waals surface area contributed by atoms with Crippen molar-refractivity contribution >= 4 is 41.3 Å². The molecule has 238 valence electrons. The molecule has 2 fully saturated rings. The summed E-state index contributed by atoms with van der Waals surface area (Å²) in [5.74, 6) is -4.35. The first-order chi connectivity index (χ1) is 21.3. The zero-order valence-electron chi connectivity index (χ0n) is 26.1. The van der Waals surface area contributed by atoms with Crippen LogP contribution in [0.1, 0.15) is 50.7 Å². The molecule has 4 aromatic rings. The van der Waals surface area contributed by atoms with E-state index in [2.05, 4.69) is 50.2 Å². The predicted octanol–water partition coefficient (Wildman–Crippen LogP) is 5.75. The number of likely N-dealkylation sites (tertiary alicyclic amines) is 1. The Hall–Kier alpha value is -3.67. The summed E-state index contributed by atoms with van der Waals surface area (Å²) in [6, 6.07) is 21.9. The van der Waals surface area contributed by atoms with E-state index in [-0.39, 0.29) is 40.5 Å². The largest absolute Gasteiger partial charge is 0.403 e. The number of alkyl halides is 2. The third-order valence-corrected chi connectivity index (χ3v) is 13.7. The SMILES string of the molecule is C[C@@H]1CN(c2c(CO[Si](c3ccccc3)(c3ccccc3)C(C)(C)C)cc3c(C(=O)N4CC(F)(F)C4)noc3c2F)C[C@H](C)O1. The molecule has 45 heavy (non-hydrogen) atoms. The summed E-state index contributed by atoms with van der Waals surface area (Å²) in [5.41, 5.74) is 0.427. The maximum absolute atomic E-state index is 16.7. The van der Waals surface area contributed by atoms with E-state index in [0.717, 1.165) is 15.3 Å². The molecular weight excluding hydrogens is 599 g/mol. The number of aromatic nitrogens is 1. The number of amides is 1. The number of carbonyl (C=O) groups excluding carboxylic acids is 1. The van der Waals surface area contributed by atoms with Gasteiger partial charge in [-0.05, 0) is 35.3 Å². The minimum absolute atomic E-state index is 0.0240. The number of morpholine rings is 1. The molecule has 1 amide bonds. The normalized spacial score (nSPS) is 20.4. The molecule has 11 heteroatoms. The lowest BCUT2D eigenvalue weighted by molar-refractivity contribution is -0.113. The standard InChI is InChI=1S/C34H38F3N3O4Si/c1-22-17-39(18-23(2)43-22)30-24(16-27-29(38-44-31(27)28(30)35)32(41)40-20-34(36,37)21-40)19-42-45(33(3,4)5,25-12-8-6-9-13-25)26-14-10-7-11-15-26/h6-16,22-23H,17-21H2,1-5H3/t22-,23+. The molecule has 0 aliphatic carbocycles. The Morgan fingerprint density at radius 3 is 2.07 bits per heavy atom. The minimum Gasteiger partial charge on any atom is -0.403 e. The molecule has 6 rings (SSSR count). The quantitative estimate of drug-likeness (QED) is 0.241. The van der Waals surface area contributed by atoms with Gasteiger partial charge in [-0.25, -0.2) is 13.2 Å². The number of carbonyl (C=O) groups is 1. The van der Waals surface area contributed by atoms with E-state index in [9.17, 15) is 13.6 Å². The van der Waals surface area contributed by atoms with Crippen LogP contribution in [0.25, 0.3) is 11.0 Å². The molecule has 0 bridgehead atoms. The van der Waals surface area contributed by atoms with E-state index in [4.69, 9.17) is 13.7 Å². The maximum atomic E-state index is 16.7. The van der Waals surface area contributed by atoms with Crippen molar-refractivity contribution < 1.29 is 31.7 Å². The van der Waals surface area contributed by atoms with Crippen LogP contribution in [0, 0.1) is 5.82 Å². The Bertz CT molecular complexity index is 1640. The van der Waals surface area contributed by atoms with Crippen LogP contribution in [-0.2, 0) is 15.8 Å². The number of ether oxygens (including phenoxy) is 1. The van der Waals surface area contributed by atoms with Crippen LogP contribution in [0.2, 0.25) is 5.04 Å². The highest BCUT2D eigenvalue weighted by molar-refractivity contribution is 6.99. The van der Waals surface area contributed by atoms with Crippen LogP contribution in [0.15, 0.2) is 71.3 Å². The number of fused-ring (bicyclic) bond motifs is 1. The van der Waals surface area contributed by atoms with E-state index in [1.807, 2.05) is 55.1 Å². The molecule has 0 N–H and O–H groups in total. The smallest absolute Gasteiger partial charge is 0.282 e. The molecule has 0 saturated carbocycles. The summed E-state index contributed by atoms with van der Waals surface area (Å²) in [5, 5.41) is 5.82. The van der Waals surface area contributed by atoms with Gasteiger partial charge in [-0.15, -0.1) is 0 Å². The van der Waals surface area contributed by atoms with E-state index in [1.165, 1.54) is 0 Å². The topological polar surface area (TPSA) is 68.0 Å². The summed E-state index contributed by atoms with van der Waals surface area (Å²) < 4.78 is 62.4. The second kappa shape index (κ2) is 11.6. The molecule has 2 saturated heterocycles. The van der Waals surface area contributed by atoms with Crippen molar-refractivity contribution in [3.63, 3.8) is 0 Å². The molecule has 2 aliphatic rings. The van der Waals surface area contributed by atoms with Gasteiger partial charge in [0.1, 0.15) is 0 Å². The Balaban J connectivity index is 1.49. The Kier molecular flexibility index (Phi) is 8.07. The van der Waals surface area contributed by atoms with Crippen molar-refractivity contribution in [3.05, 3.63) is 83.8 Å². The zero-order valence-corrected chi connectivity index (χ0v) is 27.1. The highest BCUT2D eigenvalue weighted by Crippen LogP contribution is 2.40. The number of rotatable bonds is 7. The molecule has 0 unspecified atom stereocenters. The van der Waals surface area contributed by atoms with Gasteiger partial charge in [0.15, 0.2) is 11.5 Å². The molecular formula is C34H38F3N3O4Si. The lowest BCUT2D eigenvalue weighted by atomic mass is 10.0. The Morgan fingerprint density at radius 2 is 1.56 bits per heavy atom. The molecule has 2 atom stereocenters. The number of hydrogen-bond acceptors (Lipinski definition) is 6. The highest BCUT2D eigenvalue weighted by Gasteiger charge is 2.51. The third-order valence-electron chi connectivity index (χ3n) is 8.69. The van der Waals surface area contributed by atoms with Crippen LogP contribution in [0.3, 0.4) is 0 Å². The number of benzene rings is 3. The maximum Gasteiger partial charge on any atom is 0.282 e. The second-order valence-corrected chi connectivity index (χ2v) is 17.5. The number of nitrogens with zero attached hydrogens (tertiary/aromatic N) is 3. The van der Waals surface area contributed by atoms with Crippen molar-refractivity contribution in [3.8, 4) is 0 Å². The highest BCUT2D eigenvalue weighted by atomic mass is 28.4. The zero-order chi connectivity index (χ0) is 32.1. The lowest BCUT2D eigenvalue weighted by Gasteiger charge is -2.43. The Labute approximate surface area is 262 Å². The molecule has 3 aromatic carbocycles. The summed E-state index contributed by atoms with van der Waals surface area (Å²) >= 11 is 0. The average molecular weight is 638 g/mol. The van der Waals surface area contributed by atoms with Crippen LogP contribution in [0.5, 0.6) is 0 Å². The van der Waals surface area contributed by atoms with Gasteiger partial charge < -0.3 is 23.5 Å². The first-order valence-corrected chi connectivity index (χ1v) is 17.1. The molecule has 3 heterocycles. The number of hydrogen-bond donors (Lipinski definition) is 0. The van der Waals surface area contributed by atoms with E-state index < -0.39 is 39.1 Å². The summed E-state index contributed by atoms with van der Waals surface area (Å²) in [4.78, 5) is 16.1. The van der Waals surface area contributed by atoms with Gasteiger partial charge in [-0.2, -0.15) is 0 Å². The second-order valence-electron chi connectivity index (χ2n) is 13.2. The molecule has 2 aliphatic heterocycles. The average Bonchev–Trinajstić information content (AvgIpc) is 3.40. The molecule has 7 nitrogen and oxygen atoms in total. The first-order valence-electron chi connectivity index (χ1n) is 15.2. The van der Waals surface area contributed by atoms with Crippen molar-refractivity contribution in [1.29, 1.82) is 0 Å². The lowest BCUT2D eigenvalue weighted by Crippen LogP contribution is -2.66. The van der Waals surface area contributed by atoms with Crippen LogP contribution in [-0.4, -0.2) is 68.6 Å². The van der Waals surface area contributed by atoms with Crippen molar-refractivity contribution in [1.82, 2.24) is 10.1 Å². The summed E-state index contributed by atoms with van der Waals surface area (Å²) in [7, 11) is -3.03.